The van der Waals surface area contributed by atoms with E-state index >= 15 is 0 Å². The van der Waals surface area contributed by atoms with Crippen LogP contribution in [-0.4, -0.2) is 47.5 Å². The number of piperazine rings is 1. The van der Waals surface area contributed by atoms with E-state index in [9.17, 15) is 8.78 Å². The average molecular weight is 285 g/mol. The summed E-state index contributed by atoms with van der Waals surface area (Å²) in [7, 11) is 0. The van der Waals surface area contributed by atoms with Crippen molar-refractivity contribution in [2.24, 2.45) is 5.73 Å². The minimum Gasteiger partial charge on any atom is -0.392 e. The van der Waals surface area contributed by atoms with Gasteiger partial charge in [0.05, 0.1) is 4.99 Å². The first-order chi connectivity index (χ1) is 9.06. The van der Waals surface area contributed by atoms with Crippen LogP contribution in [0.5, 0.6) is 0 Å². The van der Waals surface area contributed by atoms with E-state index in [0.717, 1.165) is 26.2 Å². The van der Waals surface area contributed by atoms with E-state index < -0.39 is 11.6 Å². The van der Waals surface area contributed by atoms with Crippen molar-refractivity contribution in [2.45, 2.75) is 6.54 Å². The van der Waals surface area contributed by atoms with Crippen molar-refractivity contribution in [1.29, 1.82) is 0 Å². The summed E-state index contributed by atoms with van der Waals surface area (Å²) >= 11 is 4.87. The number of benzene rings is 1. The third-order valence-electron chi connectivity index (χ3n) is 3.29. The van der Waals surface area contributed by atoms with E-state index in [4.69, 9.17) is 18.0 Å². The van der Waals surface area contributed by atoms with E-state index in [2.05, 4.69) is 4.90 Å². The van der Waals surface area contributed by atoms with Gasteiger partial charge in [0.1, 0.15) is 11.6 Å². The maximum Gasteiger partial charge on any atom is 0.130 e. The Hall–Kier alpha value is -1.11. The predicted octanol–water partition coefficient (Wildman–Crippen LogP) is 1.37. The van der Waals surface area contributed by atoms with Gasteiger partial charge in [0.15, 0.2) is 0 Å². The highest BCUT2D eigenvalue weighted by molar-refractivity contribution is 7.80. The molecule has 0 aliphatic carbocycles. The quantitative estimate of drug-likeness (QED) is 0.847. The Kier molecular flexibility index (Phi) is 4.79. The van der Waals surface area contributed by atoms with Crippen molar-refractivity contribution < 1.29 is 8.78 Å². The standard InChI is InChI=1S/C13H17F2N3S/c14-11-2-1-3-12(15)10(11)8-17-4-6-18(7-5-17)9-13(16)19/h1-3H,4-9H2,(H2,16,19). The molecule has 0 saturated carbocycles. The highest BCUT2D eigenvalue weighted by Gasteiger charge is 2.19. The third-order valence-corrected chi connectivity index (χ3v) is 3.42. The van der Waals surface area contributed by atoms with Crippen LogP contribution in [0.4, 0.5) is 8.78 Å². The fourth-order valence-electron chi connectivity index (χ4n) is 2.23. The SMILES string of the molecule is NC(=S)CN1CCN(Cc2c(F)cccc2F)CC1. The Morgan fingerprint density at radius 3 is 2.16 bits per heavy atom. The molecule has 2 N–H and O–H groups in total. The van der Waals surface area contributed by atoms with Gasteiger partial charge in [-0.2, -0.15) is 0 Å². The molecule has 6 heteroatoms. The molecule has 104 valence electrons. The van der Waals surface area contributed by atoms with Gasteiger partial charge in [-0.15, -0.1) is 0 Å². The third kappa shape index (κ3) is 3.92. The summed E-state index contributed by atoms with van der Waals surface area (Å²) < 4.78 is 27.1. The predicted molar refractivity (Wildman–Crippen MR) is 74.9 cm³/mol. The van der Waals surface area contributed by atoms with Gasteiger partial charge >= 0.3 is 0 Å². The van der Waals surface area contributed by atoms with Crippen LogP contribution in [0.1, 0.15) is 5.56 Å². The van der Waals surface area contributed by atoms with Crippen LogP contribution >= 0.6 is 12.2 Å². The minimum absolute atomic E-state index is 0.144. The Balaban J connectivity index is 1.91. The van der Waals surface area contributed by atoms with Crippen molar-refractivity contribution in [1.82, 2.24) is 9.80 Å². The zero-order valence-corrected chi connectivity index (χ0v) is 11.4. The summed E-state index contributed by atoms with van der Waals surface area (Å²) in [5.74, 6) is -0.962. The van der Waals surface area contributed by atoms with Crippen molar-refractivity contribution in [3.8, 4) is 0 Å². The smallest absolute Gasteiger partial charge is 0.130 e. The summed E-state index contributed by atoms with van der Waals surface area (Å²) in [6.45, 7) is 4.06. The Bertz CT molecular complexity index is 439. The highest BCUT2D eigenvalue weighted by atomic mass is 32.1. The van der Waals surface area contributed by atoms with Gasteiger partial charge in [0.2, 0.25) is 0 Å². The van der Waals surface area contributed by atoms with Crippen LogP contribution in [0.15, 0.2) is 18.2 Å². The van der Waals surface area contributed by atoms with Gasteiger partial charge < -0.3 is 5.73 Å². The molecule has 1 heterocycles. The molecule has 0 radical (unpaired) electrons. The van der Waals surface area contributed by atoms with Crippen molar-refractivity contribution in [2.75, 3.05) is 32.7 Å². The summed E-state index contributed by atoms with van der Waals surface area (Å²) in [6.07, 6.45) is 0. The largest absolute Gasteiger partial charge is 0.392 e. The lowest BCUT2D eigenvalue weighted by molar-refractivity contribution is 0.138. The molecule has 0 bridgehead atoms. The molecule has 0 atom stereocenters. The molecule has 0 unspecified atom stereocenters. The molecule has 1 aromatic carbocycles. The Morgan fingerprint density at radius 2 is 1.63 bits per heavy atom. The van der Waals surface area contributed by atoms with Crippen LogP contribution in [0.2, 0.25) is 0 Å². The molecule has 1 aliphatic rings. The fraction of sp³-hybridized carbons (Fsp3) is 0.462. The first-order valence-electron chi connectivity index (χ1n) is 6.22. The van der Waals surface area contributed by atoms with Crippen LogP contribution < -0.4 is 5.73 Å². The van der Waals surface area contributed by atoms with Crippen molar-refractivity contribution in [3.05, 3.63) is 35.4 Å². The molecule has 2 rings (SSSR count). The van der Waals surface area contributed by atoms with E-state index in [0.29, 0.717) is 18.1 Å². The monoisotopic (exact) mass is 285 g/mol. The number of nitrogens with zero attached hydrogens (tertiary/aromatic N) is 2. The Labute approximate surface area is 117 Å². The first kappa shape index (κ1) is 14.3. The molecule has 3 nitrogen and oxygen atoms in total. The first-order valence-corrected chi connectivity index (χ1v) is 6.63. The molecule has 1 saturated heterocycles. The van der Waals surface area contributed by atoms with Crippen LogP contribution in [-0.2, 0) is 6.54 Å². The van der Waals surface area contributed by atoms with Gasteiger partial charge in [-0.3, -0.25) is 9.80 Å². The van der Waals surface area contributed by atoms with Gasteiger partial charge in [0, 0.05) is 44.8 Å². The second kappa shape index (κ2) is 6.36. The number of thiocarbonyl (C=S) groups is 1. The number of halogens is 2. The summed E-state index contributed by atoms with van der Waals surface area (Å²) in [5.41, 5.74) is 5.64. The van der Waals surface area contributed by atoms with E-state index in [1.807, 2.05) is 4.90 Å². The van der Waals surface area contributed by atoms with Gasteiger partial charge in [-0.05, 0) is 12.1 Å². The lowest BCUT2D eigenvalue weighted by Crippen LogP contribution is -2.48. The fourth-order valence-corrected chi connectivity index (χ4v) is 2.42. The maximum absolute atomic E-state index is 13.5. The topological polar surface area (TPSA) is 32.5 Å². The van der Waals surface area contributed by atoms with E-state index in [1.54, 1.807) is 0 Å². The lowest BCUT2D eigenvalue weighted by Gasteiger charge is -2.34. The second-order valence-electron chi connectivity index (χ2n) is 4.72. The molecule has 1 aliphatic heterocycles. The molecule has 1 fully saturated rings. The summed E-state index contributed by atoms with van der Waals surface area (Å²) in [4.78, 5) is 4.67. The minimum atomic E-state index is -0.481. The van der Waals surface area contributed by atoms with Gasteiger partial charge in [-0.25, -0.2) is 8.78 Å². The van der Waals surface area contributed by atoms with Crippen LogP contribution in [0, 0.1) is 11.6 Å². The Morgan fingerprint density at radius 1 is 1.11 bits per heavy atom. The number of hydrogen-bond donors (Lipinski definition) is 1. The zero-order chi connectivity index (χ0) is 13.8. The molecular formula is C13H17F2N3S. The number of rotatable bonds is 4. The zero-order valence-electron chi connectivity index (χ0n) is 10.6. The van der Waals surface area contributed by atoms with E-state index in [-0.39, 0.29) is 5.56 Å². The highest BCUT2D eigenvalue weighted by Crippen LogP contribution is 2.15. The lowest BCUT2D eigenvalue weighted by atomic mass is 10.1. The van der Waals surface area contributed by atoms with Gasteiger partial charge in [-0.1, -0.05) is 18.3 Å². The number of hydrogen-bond acceptors (Lipinski definition) is 3. The van der Waals surface area contributed by atoms with Gasteiger partial charge in [0.25, 0.3) is 0 Å². The summed E-state index contributed by atoms with van der Waals surface area (Å²) in [6, 6.07) is 3.97. The molecule has 19 heavy (non-hydrogen) atoms. The molecular weight excluding hydrogens is 268 g/mol. The number of nitrogens with two attached hydrogens (primary N) is 1. The second-order valence-corrected chi connectivity index (χ2v) is 5.24. The normalized spacial score (nSPS) is 17.6. The van der Waals surface area contributed by atoms with Crippen LogP contribution in [0.25, 0.3) is 0 Å². The molecule has 0 aromatic heterocycles. The van der Waals surface area contributed by atoms with Crippen molar-refractivity contribution in [3.63, 3.8) is 0 Å². The summed E-state index contributed by atoms with van der Waals surface area (Å²) in [5, 5.41) is 0. The van der Waals surface area contributed by atoms with Crippen LogP contribution in [0.3, 0.4) is 0 Å². The average Bonchev–Trinajstić information content (AvgIpc) is 2.35. The maximum atomic E-state index is 13.5. The molecule has 0 amide bonds. The van der Waals surface area contributed by atoms with Crippen molar-refractivity contribution >= 4 is 17.2 Å². The molecule has 0 spiro atoms. The van der Waals surface area contributed by atoms with E-state index in [1.165, 1.54) is 18.2 Å². The molecule has 1 aromatic rings.